The Kier molecular flexibility index (Phi) is 6.87. The maximum atomic E-state index is 2.71. The average Bonchev–Trinajstić information content (AvgIpc) is 4.01. The van der Waals surface area contributed by atoms with Crippen LogP contribution in [0.15, 0.2) is 164 Å². The van der Waals surface area contributed by atoms with Crippen LogP contribution in [0.25, 0.3) is 22.3 Å². The van der Waals surface area contributed by atoms with Gasteiger partial charge in [0, 0.05) is 16.8 Å². The Balaban J connectivity index is 1.03. The summed E-state index contributed by atoms with van der Waals surface area (Å²) >= 11 is 0. The number of fused-ring (bicyclic) bond motifs is 12. The molecule has 0 amide bonds. The molecule has 0 aromatic heterocycles. The number of hydrogen-bond acceptors (Lipinski definition) is 1. The van der Waals surface area contributed by atoms with Crippen molar-refractivity contribution in [3.63, 3.8) is 0 Å². The highest BCUT2D eigenvalue weighted by Gasteiger charge is 2.84. The monoisotopic (exact) mass is 801 g/mol. The zero-order chi connectivity index (χ0) is 41.4. The summed E-state index contributed by atoms with van der Waals surface area (Å²) in [6, 6.07) is 63.9. The fourth-order valence-corrected chi connectivity index (χ4v) is 16.4. The van der Waals surface area contributed by atoms with Crippen LogP contribution in [-0.2, 0) is 21.7 Å². The molecule has 7 aromatic rings. The molecule has 1 heteroatoms. The van der Waals surface area contributed by atoms with E-state index in [0.717, 1.165) is 23.7 Å². The summed E-state index contributed by atoms with van der Waals surface area (Å²) in [7, 11) is 0. The minimum absolute atomic E-state index is 0.0183. The second-order valence-electron chi connectivity index (χ2n) is 21.9. The van der Waals surface area contributed by atoms with Gasteiger partial charge in [-0.15, -0.1) is 0 Å². The van der Waals surface area contributed by atoms with Gasteiger partial charge in [-0.2, -0.15) is 0 Å². The molecule has 7 aliphatic rings. The Morgan fingerprint density at radius 3 is 1.77 bits per heavy atom. The van der Waals surface area contributed by atoms with Gasteiger partial charge >= 0.3 is 0 Å². The smallest absolute Gasteiger partial charge is 0.0714 e. The summed E-state index contributed by atoms with van der Waals surface area (Å²) in [6.07, 6.45) is 8.16. The van der Waals surface area contributed by atoms with E-state index in [4.69, 9.17) is 0 Å². The standard InChI is InChI=1S/C61H55N/c1-57(2)30-31-58(3,4)56-51(57)26-15-27-53(56)62(43-28-29-47-46-22-10-13-25-50(46)61(52(47)36-43)54-33-38-32-41-35-55(61)59(41,54)37-38)42-19-14-18-40(34-42)60(39-16-6-5-7-17-39)48-23-11-8-20-44(48)45-21-9-12-24-49(45)60/h5-29,34,36,38,41,54-55H,30-33,35,37H2,1-4H3. The molecule has 6 unspecified atom stereocenters. The molecule has 14 rings (SSSR count). The third-order valence-corrected chi connectivity index (χ3v) is 18.6. The molecular formula is C61H55N. The lowest BCUT2D eigenvalue weighted by molar-refractivity contribution is -0.231. The zero-order valence-corrected chi connectivity index (χ0v) is 36.6. The summed E-state index contributed by atoms with van der Waals surface area (Å²) in [5.41, 5.74) is 21.4. The van der Waals surface area contributed by atoms with Crippen LogP contribution in [0, 0.1) is 29.1 Å². The Labute approximate surface area is 367 Å². The SMILES string of the molecule is CC1(C)CCC(C)(C)c2c(N(c3cccc(C4(c5ccccc5)c5ccccc5-c5ccccc54)c3)c3ccc4c(c3)C3(c5ccccc5-4)C4CC5CC6CC3C64C5)cccc21. The minimum Gasteiger partial charge on any atom is -0.310 e. The maximum Gasteiger partial charge on any atom is 0.0714 e. The van der Waals surface area contributed by atoms with Crippen LogP contribution in [0.2, 0.25) is 0 Å². The lowest BCUT2D eigenvalue weighted by Gasteiger charge is -2.76. The zero-order valence-electron chi connectivity index (χ0n) is 36.6. The molecule has 1 nitrogen and oxygen atoms in total. The van der Waals surface area contributed by atoms with Crippen molar-refractivity contribution in [2.24, 2.45) is 29.1 Å². The van der Waals surface area contributed by atoms with E-state index in [-0.39, 0.29) is 16.2 Å². The first-order valence-electron chi connectivity index (χ1n) is 23.7. The van der Waals surface area contributed by atoms with E-state index in [1.807, 2.05) is 0 Å². The van der Waals surface area contributed by atoms with Crippen LogP contribution >= 0.6 is 0 Å². The lowest BCUT2D eigenvalue weighted by atomic mass is 9.27. The maximum absolute atomic E-state index is 2.71. The van der Waals surface area contributed by atoms with Gasteiger partial charge in [-0.3, -0.25) is 0 Å². The van der Waals surface area contributed by atoms with Gasteiger partial charge in [-0.05, 0) is 176 Å². The van der Waals surface area contributed by atoms with Crippen molar-refractivity contribution >= 4 is 17.1 Å². The van der Waals surface area contributed by atoms with Gasteiger partial charge in [0.15, 0.2) is 0 Å². The van der Waals surface area contributed by atoms with E-state index in [2.05, 4.69) is 196 Å². The fraction of sp³-hybridized carbons (Fsp3) is 0.311. The first-order valence-corrected chi connectivity index (χ1v) is 23.7. The predicted molar refractivity (Wildman–Crippen MR) is 255 cm³/mol. The van der Waals surface area contributed by atoms with Crippen LogP contribution in [0.4, 0.5) is 17.1 Å². The number of anilines is 3. The molecule has 4 saturated carbocycles. The number of benzene rings is 7. The topological polar surface area (TPSA) is 3.24 Å². The fourth-order valence-electron chi connectivity index (χ4n) is 16.4. The lowest BCUT2D eigenvalue weighted by Crippen LogP contribution is -2.73. The van der Waals surface area contributed by atoms with Gasteiger partial charge in [-0.1, -0.05) is 161 Å². The van der Waals surface area contributed by atoms with E-state index in [0.29, 0.717) is 5.41 Å². The van der Waals surface area contributed by atoms with E-state index in [1.165, 1.54) is 111 Å². The molecule has 2 bridgehead atoms. The Morgan fingerprint density at radius 2 is 1.03 bits per heavy atom. The van der Waals surface area contributed by atoms with Crippen molar-refractivity contribution in [3.05, 3.63) is 208 Å². The highest BCUT2D eigenvalue weighted by molar-refractivity contribution is 5.90. The molecule has 4 fully saturated rings. The molecule has 6 atom stereocenters. The van der Waals surface area contributed by atoms with Crippen LogP contribution in [-0.4, -0.2) is 0 Å². The normalized spacial score (nSPS) is 28.5. The molecular weight excluding hydrogens is 747 g/mol. The average molecular weight is 802 g/mol. The molecule has 0 radical (unpaired) electrons. The number of nitrogens with zero attached hydrogens (tertiary/aromatic N) is 1. The van der Waals surface area contributed by atoms with E-state index >= 15 is 0 Å². The number of rotatable bonds is 5. The van der Waals surface area contributed by atoms with Crippen molar-refractivity contribution in [2.75, 3.05) is 4.90 Å². The molecule has 0 N–H and O–H groups in total. The molecule has 7 aliphatic carbocycles. The second kappa shape index (κ2) is 11.9. The van der Waals surface area contributed by atoms with E-state index < -0.39 is 5.41 Å². The molecule has 2 spiro atoms. The van der Waals surface area contributed by atoms with E-state index in [1.54, 1.807) is 11.1 Å². The van der Waals surface area contributed by atoms with Gasteiger partial charge in [0.1, 0.15) is 0 Å². The minimum atomic E-state index is -0.472. The molecule has 7 aromatic carbocycles. The van der Waals surface area contributed by atoms with Crippen molar-refractivity contribution < 1.29 is 0 Å². The summed E-state index contributed by atoms with van der Waals surface area (Å²) in [6.45, 7) is 9.94. The van der Waals surface area contributed by atoms with Gasteiger partial charge in [0.05, 0.1) is 11.1 Å². The van der Waals surface area contributed by atoms with E-state index in [9.17, 15) is 0 Å². The third-order valence-electron chi connectivity index (χ3n) is 18.6. The molecule has 0 heterocycles. The first kappa shape index (κ1) is 35.9. The predicted octanol–water partition coefficient (Wildman–Crippen LogP) is 15.2. The van der Waals surface area contributed by atoms with Crippen molar-refractivity contribution in [3.8, 4) is 22.3 Å². The van der Waals surface area contributed by atoms with Crippen molar-refractivity contribution in [2.45, 2.75) is 87.9 Å². The third kappa shape index (κ3) is 4.09. The summed E-state index contributed by atoms with van der Waals surface area (Å²) in [4.78, 5) is 2.70. The Bertz CT molecular complexity index is 2990. The van der Waals surface area contributed by atoms with Gasteiger partial charge in [0.2, 0.25) is 0 Å². The summed E-state index contributed by atoms with van der Waals surface area (Å²) in [5.74, 6) is 3.43. The van der Waals surface area contributed by atoms with Crippen LogP contribution in [0.1, 0.15) is 111 Å². The second-order valence-corrected chi connectivity index (χ2v) is 21.9. The molecule has 304 valence electrons. The van der Waals surface area contributed by atoms with Crippen LogP contribution in [0.5, 0.6) is 0 Å². The first-order chi connectivity index (χ1) is 30.2. The molecule has 0 aliphatic heterocycles. The molecule has 0 saturated heterocycles. The summed E-state index contributed by atoms with van der Waals surface area (Å²) < 4.78 is 0. The quantitative estimate of drug-likeness (QED) is 0.168. The van der Waals surface area contributed by atoms with Crippen LogP contribution < -0.4 is 4.90 Å². The Hall–Kier alpha value is -5.66. The van der Waals surface area contributed by atoms with Gasteiger partial charge in [-0.25, -0.2) is 0 Å². The number of hydrogen-bond donors (Lipinski definition) is 0. The highest BCUT2D eigenvalue weighted by atomic mass is 15.1. The van der Waals surface area contributed by atoms with Gasteiger partial charge < -0.3 is 4.90 Å². The van der Waals surface area contributed by atoms with Crippen molar-refractivity contribution in [1.82, 2.24) is 0 Å². The molecule has 62 heavy (non-hydrogen) atoms. The van der Waals surface area contributed by atoms with Crippen molar-refractivity contribution in [1.29, 1.82) is 0 Å². The summed E-state index contributed by atoms with van der Waals surface area (Å²) in [5, 5.41) is 0. The highest BCUT2D eigenvalue weighted by Crippen LogP contribution is 2.89. The largest absolute Gasteiger partial charge is 0.310 e. The van der Waals surface area contributed by atoms with Crippen LogP contribution in [0.3, 0.4) is 0 Å². The van der Waals surface area contributed by atoms with Gasteiger partial charge in [0.25, 0.3) is 0 Å². The Morgan fingerprint density at radius 1 is 0.452 bits per heavy atom.